The van der Waals surface area contributed by atoms with Crippen molar-refractivity contribution in [2.24, 2.45) is 0 Å². The van der Waals surface area contributed by atoms with Crippen molar-refractivity contribution in [1.82, 2.24) is 29.9 Å². The minimum atomic E-state index is -0.874. The van der Waals surface area contributed by atoms with E-state index in [9.17, 15) is 10.1 Å². The Kier molecular flexibility index (Phi) is 4.97. The molecule has 1 amide bonds. The highest BCUT2D eigenvalue weighted by molar-refractivity contribution is 5.85. The van der Waals surface area contributed by atoms with Crippen LogP contribution in [0.4, 0.5) is 10.6 Å². The first-order valence-corrected chi connectivity index (χ1v) is 10.9. The molecular weight excluding hydrogens is 424 g/mol. The highest BCUT2D eigenvalue weighted by Crippen LogP contribution is 2.40. The number of hydrogen-bond donors (Lipinski definition) is 1. The maximum absolute atomic E-state index is 12.5. The number of amides is 1. The lowest BCUT2D eigenvalue weighted by atomic mass is 9.74. The molecule has 2 saturated heterocycles. The summed E-state index contributed by atoms with van der Waals surface area (Å²) in [6.45, 7) is 8.62. The van der Waals surface area contributed by atoms with Crippen LogP contribution in [0.25, 0.3) is 16.9 Å². The Balaban J connectivity index is 1.57. The van der Waals surface area contributed by atoms with E-state index in [-0.39, 0.29) is 13.1 Å². The number of nitriles is 1. The Morgan fingerprint density at radius 1 is 1.30 bits per heavy atom. The average molecular weight is 451 g/mol. The van der Waals surface area contributed by atoms with Crippen LogP contribution in [0, 0.1) is 11.3 Å². The highest BCUT2D eigenvalue weighted by Gasteiger charge is 2.50. The molecule has 5 rings (SSSR count). The number of carbonyl (C=O) groups is 1. The summed E-state index contributed by atoms with van der Waals surface area (Å²) in [6.07, 6.45) is 2.95. The number of fused-ring (bicyclic) bond motifs is 1. The molecule has 5 heterocycles. The Hall–Kier alpha value is -3.65. The van der Waals surface area contributed by atoms with E-state index in [1.54, 1.807) is 22.0 Å². The van der Waals surface area contributed by atoms with Crippen molar-refractivity contribution in [1.29, 1.82) is 5.26 Å². The SMILES string of the molecule is CC(C)(C)OC(=O)N1CC(C#N)(c2cc(N3CCOCC3)nc3c2cnn3-c2ccn[nH]2)C1. The maximum atomic E-state index is 12.5. The van der Waals surface area contributed by atoms with Gasteiger partial charge in [-0.05, 0) is 32.4 Å². The zero-order valence-corrected chi connectivity index (χ0v) is 18.9. The molecule has 0 aliphatic carbocycles. The monoisotopic (exact) mass is 450 g/mol. The van der Waals surface area contributed by atoms with Crippen LogP contribution in [0.1, 0.15) is 26.3 Å². The van der Waals surface area contributed by atoms with Crippen molar-refractivity contribution >= 4 is 22.9 Å². The molecule has 33 heavy (non-hydrogen) atoms. The van der Waals surface area contributed by atoms with Crippen molar-refractivity contribution in [3.05, 3.63) is 30.1 Å². The number of ether oxygens (including phenoxy) is 2. The third kappa shape index (κ3) is 3.76. The fraction of sp³-hybridized carbons (Fsp3) is 0.500. The van der Waals surface area contributed by atoms with Crippen LogP contribution >= 0.6 is 0 Å². The van der Waals surface area contributed by atoms with Crippen LogP contribution in [0.3, 0.4) is 0 Å². The summed E-state index contributed by atoms with van der Waals surface area (Å²) in [6, 6.07) is 6.24. The van der Waals surface area contributed by atoms with E-state index in [1.807, 2.05) is 32.9 Å². The minimum absolute atomic E-state index is 0.245. The summed E-state index contributed by atoms with van der Waals surface area (Å²) in [5.41, 5.74) is -0.0348. The second kappa shape index (κ2) is 7.74. The summed E-state index contributed by atoms with van der Waals surface area (Å²) in [5.74, 6) is 1.44. The van der Waals surface area contributed by atoms with Crippen LogP contribution in [-0.4, -0.2) is 80.9 Å². The van der Waals surface area contributed by atoms with Gasteiger partial charge in [0.2, 0.25) is 0 Å². The highest BCUT2D eigenvalue weighted by atomic mass is 16.6. The summed E-state index contributed by atoms with van der Waals surface area (Å²) in [4.78, 5) is 21.1. The number of nitrogens with one attached hydrogen (secondary N) is 1. The maximum Gasteiger partial charge on any atom is 0.410 e. The molecule has 3 aromatic rings. The standard InChI is InChI=1S/C22H26N8O3/c1-21(2,3)33-20(31)29-13-22(12-23,14-29)16-10-18(28-6-8-32-9-7-28)26-19-15(16)11-25-30(19)17-4-5-24-27-17/h4-5,10-11H,6-9,13-14H2,1-3H3,(H,24,27). The van der Waals surface area contributed by atoms with E-state index in [1.165, 1.54) is 0 Å². The van der Waals surface area contributed by atoms with Gasteiger partial charge in [-0.25, -0.2) is 9.78 Å². The van der Waals surface area contributed by atoms with Crippen LogP contribution in [-0.2, 0) is 14.9 Å². The quantitative estimate of drug-likeness (QED) is 0.642. The zero-order valence-electron chi connectivity index (χ0n) is 18.9. The van der Waals surface area contributed by atoms with Crippen molar-refractivity contribution in [3.8, 4) is 11.9 Å². The average Bonchev–Trinajstić information content (AvgIpc) is 3.42. The van der Waals surface area contributed by atoms with Gasteiger partial charge in [0.15, 0.2) is 11.5 Å². The number of aromatic nitrogens is 5. The van der Waals surface area contributed by atoms with Crippen LogP contribution in [0.5, 0.6) is 0 Å². The molecule has 2 fully saturated rings. The second-order valence-corrected chi connectivity index (χ2v) is 9.39. The molecule has 11 heteroatoms. The predicted octanol–water partition coefficient (Wildman–Crippen LogP) is 1.99. The third-order valence-electron chi connectivity index (χ3n) is 5.88. The molecule has 1 N–H and O–H groups in total. The van der Waals surface area contributed by atoms with Gasteiger partial charge in [0.1, 0.15) is 16.8 Å². The molecule has 2 aliphatic rings. The fourth-order valence-corrected chi connectivity index (χ4v) is 4.24. The van der Waals surface area contributed by atoms with Crippen LogP contribution in [0.2, 0.25) is 0 Å². The molecule has 0 aromatic carbocycles. The molecule has 0 unspecified atom stereocenters. The van der Waals surface area contributed by atoms with Crippen molar-refractivity contribution in [2.75, 3.05) is 44.3 Å². The first-order chi connectivity index (χ1) is 15.8. The molecule has 172 valence electrons. The number of pyridine rings is 1. The molecule has 0 radical (unpaired) electrons. The topological polar surface area (TPSA) is 125 Å². The Morgan fingerprint density at radius 2 is 2.06 bits per heavy atom. The lowest BCUT2D eigenvalue weighted by molar-refractivity contribution is -0.000279. The van der Waals surface area contributed by atoms with E-state index in [4.69, 9.17) is 14.5 Å². The molecule has 0 saturated carbocycles. The van der Waals surface area contributed by atoms with Gasteiger partial charge in [0.25, 0.3) is 0 Å². The van der Waals surface area contributed by atoms with E-state index >= 15 is 0 Å². The first-order valence-electron chi connectivity index (χ1n) is 10.9. The largest absolute Gasteiger partial charge is 0.444 e. The van der Waals surface area contributed by atoms with Gasteiger partial charge in [-0.2, -0.15) is 20.1 Å². The van der Waals surface area contributed by atoms with Gasteiger partial charge in [0, 0.05) is 37.6 Å². The third-order valence-corrected chi connectivity index (χ3v) is 5.88. The van der Waals surface area contributed by atoms with Gasteiger partial charge in [-0.3, -0.25) is 5.10 Å². The summed E-state index contributed by atoms with van der Waals surface area (Å²) in [5, 5.41) is 22.5. The fourth-order valence-electron chi connectivity index (χ4n) is 4.24. The Labute approximate surface area is 190 Å². The molecule has 0 bridgehead atoms. The van der Waals surface area contributed by atoms with E-state index in [0.717, 1.165) is 16.8 Å². The van der Waals surface area contributed by atoms with E-state index in [2.05, 4.69) is 26.3 Å². The van der Waals surface area contributed by atoms with E-state index < -0.39 is 17.1 Å². The summed E-state index contributed by atoms with van der Waals surface area (Å²) < 4.78 is 12.7. The smallest absolute Gasteiger partial charge is 0.410 e. The lowest BCUT2D eigenvalue weighted by Crippen LogP contribution is -2.61. The molecular formula is C22H26N8O3. The number of hydrogen-bond acceptors (Lipinski definition) is 8. The van der Waals surface area contributed by atoms with Crippen molar-refractivity contribution < 1.29 is 14.3 Å². The zero-order chi connectivity index (χ0) is 23.2. The first kappa shape index (κ1) is 21.2. The molecule has 11 nitrogen and oxygen atoms in total. The second-order valence-electron chi connectivity index (χ2n) is 9.39. The van der Waals surface area contributed by atoms with Gasteiger partial charge >= 0.3 is 6.09 Å². The van der Waals surface area contributed by atoms with Gasteiger partial charge in [-0.1, -0.05) is 0 Å². The summed E-state index contributed by atoms with van der Waals surface area (Å²) in [7, 11) is 0. The predicted molar refractivity (Wildman–Crippen MR) is 119 cm³/mol. The normalized spacial score (nSPS) is 18.1. The van der Waals surface area contributed by atoms with Crippen LogP contribution < -0.4 is 4.90 Å². The molecule has 0 spiro atoms. The molecule has 2 aliphatic heterocycles. The number of nitrogens with zero attached hydrogens (tertiary/aromatic N) is 7. The van der Waals surface area contributed by atoms with E-state index in [0.29, 0.717) is 37.8 Å². The van der Waals surface area contributed by atoms with Gasteiger partial charge in [-0.15, -0.1) is 0 Å². The number of carbonyl (C=O) groups excluding carboxylic acids is 1. The number of morpholine rings is 1. The summed E-state index contributed by atoms with van der Waals surface area (Å²) >= 11 is 0. The number of anilines is 1. The number of H-pyrrole nitrogens is 1. The Morgan fingerprint density at radius 3 is 2.70 bits per heavy atom. The number of rotatable bonds is 3. The Bertz CT molecular complexity index is 1210. The van der Waals surface area contributed by atoms with Gasteiger partial charge in [0.05, 0.1) is 31.7 Å². The molecule has 0 atom stereocenters. The number of likely N-dealkylation sites (tertiary alicyclic amines) is 1. The molecule has 3 aromatic heterocycles. The van der Waals surface area contributed by atoms with Crippen molar-refractivity contribution in [2.45, 2.75) is 31.8 Å². The van der Waals surface area contributed by atoms with Crippen LogP contribution in [0.15, 0.2) is 24.5 Å². The minimum Gasteiger partial charge on any atom is -0.444 e. The van der Waals surface area contributed by atoms with Crippen molar-refractivity contribution in [3.63, 3.8) is 0 Å². The van der Waals surface area contributed by atoms with Gasteiger partial charge < -0.3 is 19.3 Å². The lowest BCUT2D eigenvalue weighted by Gasteiger charge is -2.46. The number of aromatic amines is 1.